The molecule has 10 heavy (non-hydrogen) atoms. The topological polar surface area (TPSA) is 54.4 Å². The van der Waals surface area contributed by atoms with E-state index in [1.165, 1.54) is 0 Å². The minimum atomic E-state index is -3.82. The normalized spacial score (nSPS) is 57.6. The van der Waals surface area contributed by atoms with E-state index in [9.17, 15) is 9.59 Å². The van der Waals surface area contributed by atoms with E-state index < -0.39 is 43.1 Å². The van der Waals surface area contributed by atoms with Crippen LogP contribution in [-0.4, -0.2) is 16.9 Å². The first-order valence-corrected chi connectivity index (χ1v) is 2.38. The summed E-state index contributed by atoms with van der Waals surface area (Å²) in [5.41, 5.74) is 0. The molecule has 0 atom stereocenters. The van der Waals surface area contributed by atoms with Crippen molar-refractivity contribution in [1.82, 2.24) is 0 Å². The Morgan fingerprint density at radius 1 is 1.70 bits per heavy atom. The van der Waals surface area contributed by atoms with Crippen LogP contribution in [0, 0.1) is 5.89 Å². The van der Waals surface area contributed by atoms with Crippen LogP contribution in [0.5, 0.6) is 0 Å². The number of carboxylic acid groups (broad SMARTS) is 1. The van der Waals surface area contributed by atoms with E-state index in [0.29, 0.717) is 0 Å². The van der Waals surface area contributed by atoms with Crippen LogP contribution in [0.1, 0.15) is 37.8 Å². The molecule has 1 saturated carbocycles. The fourth-order valence-electron chi connectivity index (χ4n) is 0.408. The van der Waals surface area contributed by atoms with E-state index in [0.717, 1.165) is 0 Å². The van der Waals surface area contributed by atoms with Gasteiger partial charge >= 0.3 is 5.97 Å². The number of hydrogen-bond acceptors (Lipinski definition) is 2. The zero-order valence-corrected chi connectivity index (χ0v) is 4.76. The first kappa shape index (κ1) is 1.84. The summed E-state index contributed by atoms with van der Waals surface area (Å²) >= 11 is 0. The highest BCUT2D eigenvalue weighted by atomic mass is 16.4. The number of rotatable bonds is 1. The van der Waals surface area contributed by atoms with Crippen molar-refractivity contribution >= 4 is 11.8 Å². The predicted octanol–water partition coefficient (Wildman–Crippen LogP) is 0.830. The number of carbonyl (C=O) groups is 2. The maximum absolute atomic E-state index is 11.6. The molecule has 0 radical (unpaired) electrons. The second kappa shape index (κ2) is 2.82. The largest absolute Gasteiger partial charge is 0.481 e. The summed E-state index contributed by atoms with van der Waals surface area (Å²) in [5, 5.41) is 8.91. The fraction of sp³-hybridized carbons (Fsp3) is 0.714. The molecule has 0 unspecified atom stereocenters. The lowest BCUT2D eigenvalue weighted by atomic mass is 9.89. The molecule has 1 N–H and O–H groups in total. The summed E-state index contributed by atoms with van der Waals surface area (Å²) in [6.07, 6.45) is -14.8. The average molecular weight is 151 g/mol. The number of ketones is 1. The molecule has 0 aromatic carbocycles. The molecule has 1 fully saturated rings. The Bertz CT molecular complexity index is 425. The zero-order chi connectivity index (χ0) is 15.7. The SMILES string of the molecule is [2H]C1([2H])C(=O)C([2H])([2H])C([2H])([2H])C([2H])(C(=O)O)C1([2H])[2H]. The van der Waals surface area contributed by atoms with Gasteiger partial charge in [0.05, 0.1) is 5.89 Å². The summed E-state index contributed by atoms with van der Waals surface area (Å²) in [7, 11) is 0. The Morgan fingerprint density at radius 3 is 2.60 bits per heavy atom. The van der Waals surface area contributed by atoms with Crippen molar-refractivity contribution in [3.63, 3.8) is 0 Å². The molecule has 0 bridgehead atoms. The van der Waals surface area contributed by atoms with Crippen molar-refractivity contribution in [3.8, 4) is 0 Å². The molecule has 0 aromatic rings. The van der Waals surface area contributed by atoms with Crippen LogP contribution in [0.25, 0.3) is 0 Å². The second-order valence-corrected chi connectivity index (χ2v) is 1.51. The van der Waals surface area contributed by atoms with Gasteiger partial charge in [-0.05, 0) is 12.7 Å². The molecule has 1 aliphatic carbocycles. The second-order valence-electron chi connectivity index (χ2n) is 1.51. The van der Waals surface area contributed by atoms with Crippen LogP contribution in [0.15, 0.2) is 0 Å². The van der Waals surface area contributed by atoms with E-state index in [2.05, 4.69) is 0 Å². The van der Waals surface area contributed by atoms with Gasteiger partial charge in [0, 0.05) is 25.1 Å². The van der Waals surface area contributed by atoms with Crippen molar-refractivity contribution in [2.45, 2.75) is 25.5 Å². The summed E-state index contributed by atoms with van der Waals surface area (Å²) in [6.45, 7) is 0. The van der Waals surface area contributed by atoms with Gasteiger partial charge in [-0.3, -0.25) is 9.59 Å². The van der Waals surface area contributed by atoms with Gasteiger partial charge in [-0.25, -0.2) is 0 Å². The molecular formula is C7H10O3. The van der Waals surface area contributed by atoms with E-state index in [1.54, 1.807) is 0 Å². The lowest BCUT2D eigenvalue weighted by Crippen LogP contribution is -2.20. The molecular weight excluding hydrogens is 132 g/mol. The predicted molar refractivity (Wildman–Crippen MR) is 34.6 cm³/mol. The van der Waals surface area contributed by atoms with Gasteiger partial charge in [-0.15, -0.1) is 0 Å². The standard InChI is InChI=1S/C7H10O3/c8-6-3-1-5(2-4-6)7(9)10/h5H,1-4H2,(H,9,10)/i1D2,2D2,3D2,4D2,5D. The van der Waals surface area contributed by atoms with Crippen LogP contribution >= 0.6 is 0 Å². The lowest BCUT2D eigenvalue weighted by molar-refractivity contribution is -0.143. The molecule has 0 amide bonds. The van der Waals surface area contributed by atoms with Gasteiger partial charge < -0.3 is 5.11 Å². The Morgan fingerprint density at radius 2 is 2.20 bits per heavy atom. The van der Waals surface area contributed by atoms with E-state index in [-0.39, 0.29) is 0 Å². The third-order valence-electron chi connectivity index (χ3n) is 0.816. The molecule has 3 heteroatoms. The Kier molecular flexibility index (Phi) is 0.518. The number of carboxylic acids is 1. The van der Waals surface area contributed by atoms with Gasteiger partial charge in [-0.2, -0.15) is 0 Å². The Hall–Kier alpha value is -0.860. The summed E-state index contributed by atoms with van der Waals surface area (Å²) in [4.78, 5) is 22.7. The molecule has 0 heterocycles. The van der Waals surface area contributed by atoms with Crippen LogP contribution < -0.4 is 0 Å². The molecule has 3 nitrogen and oxygen atoms in total. The minimum absolute atomic E-state index is 2.06. The van der Waals surface area contributed by atoms with Gasteiger partial charge in [0.15, 0.2) is 0 Å². The van der Waals surface area contributed by atoms with Gasteiger partial charge in [0.25, 0.3) is 0 Å². The van der Waals surface area contributed by atoms with Crippen molar-refractivity contribution in [2.75, 3.05) is 0 Å². The number of Topliss-reactive ketones (excluding diaryl/α,β-unsaturated/α-hetero) is 1. The zero-order valence-electron chi connectivity index (χ0n) is 13.8. The maximum Gasteiger partial charge on any atom is 0.306 e. The van der Waals surface area contributed by atoms with Gasteiger partial charge in [0.1, 0.15) is 5.78 Å². The van der Waals surface area contributed by atoms with Crippen LogP contribution in [0.3, 0.4) is 0 Å². The smallest absolute Gasteiger partial charge is 0.306 e. The Labute approximate surface area is 71.7 Å². The van der Waals surface area contributed by atoms with Crippen LogP contribution in [0.2, 0.25) is 0 Å². The number of carbonyl (C=O) groups excluding carboxylic acids is 1. The molecule has 0 aromatic heterocycles. The highest BCUT2D eigenvalue weighted by molar-refractivity contribution is 5.81. The Balaban J connectivity index is 3.80. The highest BCUT2D eigenvalue weighted by Crippen LogP contribution is 2.20. The first-order chi connectivity index (χ1) is 8.10. The third-order valence-corrected chi connectivity index (χ3v) is 0.816. The third kappa shape index (κ3) is 1.56. The average Bonchev–Trinajstić information content (AvgIpc) is 2.23. The summed E-state index contributed by atoms with van der Waals surface area (Å²) < 4.78 is 66.1. The van der Waals surface area contributed by atoms with Crippen LogP contribution in [-0.2, 0) is 9.59 Å². The number of hydrogen-bond donors (Lipinski definition) is 1. The quantitative estimate of drug-likeness (QED) is 0.604. The van der Waals surface area contributed by atoms with E-state index in [1.807, 2.05) is 0 Å². The molecule has 1 rings (SSSR count). The van der Waals surface area contributed by atoms with Gasteiger partial charge in [-0.1, -0.05) is 0 Å². The van der Waals surface area contributed by atoms with Crippen molar-refractivity contribution in [1.29, 1.82) is 0 Å². The monoisotopic (exact) mass is 151 g/mol. The summed E-state index contributed by atoms with van der Waals surface area (Å²) in [6, 6.07) is 0. The number of aliphatic carboxylic acids is 1. The van der Waals surface area contributed by atoms with Crippen molar-refractivity contribution < 1.29 is 27.0 Å². The van der Waals surface area contributed by atoms with Crippen molar-refractivity contribution in [2.24, 2.45) is 5.89 Å². The molecule has 56 valence electrons. The summed E-state index contributed by atoms with van der Waals surface area (Å²) in [5.74, 6) is -8.26. The molecule has 0 spiro atoms. The molecule has 0 saturated heterocycles. The minimum Gasteiger partial charge on any atom is -0.481 e. The fourth-order valence-corrected chi connectivity index (χ4v) is 0.408. The van der Waals surface area contributed by atoms with Crippen molar-refractivity contribution in [3.05, 3.63) is 0 Å². The highest BCUT2D eigenvalue weighted by Gasteiger charge is 2.23. The van der Waals surface area contributed by atoms with Gasteiger partial charge in [0.2, 0.25) is 0 Å². The lowest BCUT2D eigenvalue weighted by Gasteiger charge is -2.15. The molecule has 1 aliphatic rings. The first-order valence-electron chi connectivity index (χ1n) is 6.88. The van der Waals surface area contributed by atoms with E-state index in [4.69, 9.17) is 17.4 Å². The van der Waals surface area contributed by atoms with Crippen LogP contribution in [0.4, 0.5) is 0 Å². The maximum atomic E-state index is 11.6. The van der Waals surface area contributed by atoms with E-state index >= 15 is 0 Å². The molecule has 0 aliphatic heterocycles.